The molecule has 2 saturated heterocycles. The van der Waals surface area contributed by atoms with Gasteiger partial charge in [0.25, 0.3) is 0 Å². The zero-order valence-corrected chi connectivity index (χ0v) is 16.5. The molecule has 2 aromatic rings. The summed E-state index contributed by atoms with van der Waals surface area (Å²) in [6, 6.07) is 18.8. The molecule has 2 aliphatic rings. The Kier molecular flexibility index (Phi) is 5.51. The van der Waals surface area contributed by atoms with Crippen LogP contribution in [-0.4, -0.2) is 47.6 Å². The average Bonchev–Trinajstić information content (AvgIpc) is 2.70. The Labute approximate surface area is 163 Å². The van der Waals surface area contributed by atoms with Gasteiger partial charge in [-0.05, 0) is 73.5 Å². The van der Waals surface area contributed by atoms with Gasteiger partial charge in [-0.3, -0.25) is 4.90 Å². The first-order chi connectivity index (χ1) is 13.2. The van der Waals surface area contributed by atoms with Crippen LogP contribution in [0, 0.1) is 5.41 Å². The van der Waals surface area contributed by atoms with Crippen molar-refractivity contribution in [2.75, 3.05) is 32.7 Å². The van der Waals surface area contributed by atoms with Crippen LogP contribution < -0.4 is 0 Å². The van der Waals surface area contributed by atoms with Crippen LogP contribution in [0.3, 0.4) is 0 Å². The van der Waals surface area contributed by atoms with E-state index < -0.39 is 0 Å². The van der Waals surface area contributed by atoms with Crippen LogP contribution >= 0.6 is 0 Å². The number of benzene rings is 2. The number of aromatic hydroxyl groups is 1. The molecule has 4 rings (SSSR count). The number of phenolic OH excluding ortho intramolecular Hbond substituents is 1. The minimum atomic E-state index is 0.373. The van der Waals surface area contributed by atoms with Gasteiger partial charge in [0.05, 0.1) is 0 Å². The molecule has 1 N–H and O–H groups in total. The lowest BCUT2D eigenvalue weighted by molar-refractivity contribution is 0.0137. The highest BCUT2D eigenvalue weighted by Crippen LogP contribution is 2.45. The molecule has 0 unspecified atom stereocenters. The third-order valence-electron chi connectivity index (χ3n) is 6.67. The van der Waals surface area contributed by atoms with Crippen molar-refractivity contribution in [3.63, 3.8) is 0 Å². The van der Waals surface area contributed by atoms with Crippen molar-refractivity contribution in [3.05, 3.63) is 65.7 Å². The molecule has 0 saturated carbocycles. The van der Waals surface area contributed by atoms with Crippen molar-refractivity contribution in [1.29, 1.82) is 0 Å². The Hall–Kier alpha value is -1.84. The minimum Gasteiger partial charge on any atom is -0.508 e. The lowest BCUT2D eigenvalue weighted by Gasteiger charge is -2.50. The van der Waals surface area contributed by atoms with Gasteiger partial charge in [0.2, 0.25) is 0 Å². The number of likely N-dealkylation sites (tertiary alicyclic amines) is 2. The van der Waals surface area contributed by atoms with E-state index in [2.05, 4.69) is 53.1 Å². The highest BCUT2D eigenvalue weighted by atomic mass is 16.3. The fraction of sp³-hybridized carbons (Fsp3) is 0.500. The van der Waals surface area contributed by atoms with Crippen LogP contribution in [0.1, 0.15) is 43.2 Å². The van der Waals surface area contributed by atoms with Crippen molar-refractivity contribution in [2.24, 2.45) is 5.41 Å². The average molecular weight is 365 g/mol. The summed E-state index contributed by atoms with van der Waals surface area (Å²) in [7, 11) is 0. The highest BCUT2D eigenvalue weighted by molar-refractivity contribution is 5.27. The molecule has 2 heterocycles. The smallest absolute Gasteiger partial charge is 0.115 e. The van der Waals surface area contributed by atoms with Crippen molar-refractivity contribution in [2.45, 2.75) is 38.6 Å². The van der Waals surface area contributed by atoms with E-state index in [-0.39, 0.29) is 0 Å². The summed E-state index contributed by atoms with van der Waals surface area (Å²) in [5.41, 5.74) is 3.19. The van der Waals surface area contributed by atoms with Crippen LogP contribution in [0.2, 0.25) is 0 Å². The van der Waals surface area contributed by atoms with Gasteiger partial charge in [-0.1, -0.05) is 49.4 Å². The topological polar surface area (TPSA) is 26.7 Å². The van der Waals surface area contributed by atoms with Crippen molar-refractivity contribution < 1.29 is 5.11 Å². The van der Waals surface area contributed by atoms with E-state index in [9.17, 15) is 5.11 Å². The van der Waals surface area contributed by atoms with E-state index in [0.29, 0.717) is 17.1 Å². The molecule has 1 atom stereocenters. The summed E-state index contributed by atoms with van der Waals surface area (Å²) in [5.74, 6) is 1.04. The number of hydrogen-bond donors (Lipinski definition) is 1. The zero-order valence-electron chi connectivity index (χ0n) is 16.5. The van der Waals surface area contributed by atoms with E-state index in [1.54, 1.807) is 6.07 Å². The second-order valence-electron chi connectivity index (χ2n) is 8.59. The fourth-order valence-corrected chi connectivity index (χ4v) is 5.15. The molecule has 0 bridgehead atoms. The molecular weight excluding hydrogens is 332 g/mol. The molecule has 3 nitrogen and oxygen atoms in total. The largest absolute Gasteiger partial charge is 0.508 e. The van der Waals surface area contributed by atoms with E-state index in [0.717, 1.165) is 26.2 Å². The SMILES string of the molecule is CCN1C[C@@H](c2ccccc2)CC2(CCN(Cc3cccc(O)c3)CC2)C1. The first-order valence-electron chi connectivity index (χ1n) is 10.4. The molecule has 2 fully saturated rings. The Morgan fingerprint density at radius 1 is 1.00 bits per heavy atom. The Morgan fingerprint density at radius 2 is 1.78 bits per heavy atom. The van der Waals surface area contributed by atoms with Crippen molar-refractivity contribution in [1.82, 2.24) is 9.80 Å². The van der Waals surface area contributed by atoms with Gasteiger partial charge >= 0.3 is 0 Å². The van der Waals surface area contributed by atoms with Gasteiger partial charge in [0.1, 0.15) is 5.75 Å². The van der Waals surface area contributed by atoms with Crippen molar-refractivity contribution in [3.8, 4) is 5.75 Å². The fourth-order valence-electron chi connectivity index (χ4n) is 5.15. The maximum Gasteiger partial charge on any atom is 0.115 e. The predicted octanol–water partition coefficient (Wildman–Crippen LogP) is 4.48. The van der Waals surface area contributed by atoms with E-state index in [1.807, 2.05) is 12.1 Å². The van der Waals surface area contributed by atoms with Gasteiger partial charge in [-0.15, -0.1) is 0 Å². The Morgan fingerprint density at radius 3 is 2.48 bits per heavy atom. The molecule has 2 aliphatic heterocycles. The molecule has 3 heteroatoms. The number of nitrogens with zero attached hydrogens (tertiary/aromatic N) is 2. The maximum atomic E-state index is 9.71. The predicted molar refractivity (Wildman–Crippen MR) is 111 cm³/mol. The Bertz CT molecular complexity index is 737. The lowest BCUT2D eigenvalue weighted by Crippen LogP contribution is -2.51. The molecule has 144 valence electrons. The number of likely N-dealkylation sites (N-methyl/N-ethyl adjacent to an activating group) is 1. The van der Waals surface area contributed by atoms with Gasteiger partial charge in [-0.25, -0.2) is 0 Å². The summed E-state index contributed by atoms with van der Waals surface area (Å²) in [5, 5.41) is 9.71. The van der Waals surface area contributed by atoms with Gasteiger partial charge < -0.3 is 10.0 Å². The third kappa shape index (κ3) is 4.36. The summed E-state index contributed by atoms with van der Waals surface area (Å²) < 4.78 is 0. The van der Waals surface area contributed by atoms with Crippen LogP contribution in [0.5, 0.6) is 5.75 Å². The number of hydrogen-bond acceptors (Lipinski definition) is 3. The second-order valence-corrected chi connectivity index (χ2v) is 8.59. The molecule has 1 spiro atoms. The summed E-state index contributed by atoms with van der Waals surface area (Å²) in [4.78, 5) is 5.23. The molecule has 27 heavy (non-hydrogen) atoms. The van der Waals surface area contributed by atoms with Crippen LogP contribution in [-0.2, 0) is 6.54 Å². The number of phenols is 1. The van der Waals surface area contributed by atoms with Crippen molar-refractivity contribution >= 4 is 0 Å². The molecule has 0 aromatic heterocycles. The molecular formula is C24H32N2O. The maximum absolute atomic E-state index is 9.71. The molecule has 0 amide bonds. The first-order valence-corrected chi connectivity index (χ1v) is 10.4. The lowest BCUT2D eigenvalue weighted by atomic mass is 9.68. The number of piperidine rings is 2. The summed E-state index contributed by atoms with van der Waals surface area (Å²) in [6.07, 6.45) is 3.89. The van der Waals surface area contributed by atoms with Gasteiger partial charge in [0, 0.05) is 19.6 Å². The third-order valence-corrected chi connectivity index (χ3v) is 6.67. The molecule has 0 radical (unpaired) electrons. The van der Waals surface area contributed by atoms with Crippen LogP contribution in [0.25, 0.3) is 0 Å². The molecule has 0 aliphatic carbocycles. The summed E-state index contributed by atoms with van der Waals surface area (Å²) in [6.45, 7) is 9.19. The van der Waals surface area contributed by atoms with Crippen LogP contribution in [0.15, 0.2) is 54.6 Å². The second kappa shape index (κ2) is 8.04. The monoisotopic (exact) mass is 364 g/mol. The minimum absolute atomic E-state index is 0.373. The van der Waals surface area contributed by atoms with E-state index in [4.69, 9.17) is 0 Å². The van der Waals surface area contributed by atoms with Crippen LogP contribution in [0.4, 0.5) is 0 Å². The Balaban J connectivity index is 1.42. The zero-order chi connectivity index (χ0) is 18.7. The molecule has 2 aromatic carbocycles. The summed E-state index contributed by atoms with van der Waals surface area (Å²) >= 11 is 0. The van der Waals surface area contributed by atoms with E-state index >= 15 is 0 Å². The highest BCUT2D eigenvalue weighted by Gasteiger charge is 2.41. The number of rotatable bonds is 4. The first kappa shape index (κ1) is 18.5. The standard InChI is InChI=1S/C24H32N2O/c1-2-25-18-22(21-8-4-3-5-9-21)16-24(19-25)11-13-26(14-12-24)17-20-7-6-10-23(27)15-20/h3-10,15,22,27H,2,11-14,16-19H2,1H3/t22-/m0/s1. The van der Waals surface area contributed by atoms with Gasteiger partial charge in [0.15, 0.2) is 0 Å². The quantitative estimate of drug-likeness (QED) is 0.866. The van der Waals surface area contributed by atoms with E-state index in [1.165, 1.54) is 43.5 Å². The van der Waals surface area contributed by atoms with Gasteiger partial charge in [-0.2, -0.15) is 0 Å². The normalized spacial score (nSPS) is 23.5.